The number of halogens is 1. The van der Waals surface area contributed by atoms with Crippen LogP contribution in [-0.4, -0.2) is 59.6 Å². The second-order valence-electron chi connectivity index (χ2n) is 6.58. The van der Waals surface area contributed by atoms with Crippen LogP contribution < -0.4 is 15.4 Å². The summed E-state index contributed by atoms with van der Waals surface area (Å²) in [7, 11) is 0. The first-order valence-electron chi connectivity index (χ1n) is 9.24. The molecule has 0 saturated carbocycles. The van der Waals surface area contributed by atoms with E-state index >= 15 is 0 Å². The Morgan fingerprint density at radius 1 is 1.41 bits per heavy atom. The number of thiocarbonyl (C=S) groups is 1. The molecule has 1 fully saturated rings. The number of benzene rings is 1. The number of ether oxygens (including phenoxy) is 2. The van der Waals surface area contributed by atoms with Crippen LogP contribution in [0.1, 0.15) is 37.6 Å². The summed E-state index contributed by atoms with van der Waals surface area (Å²) in [4.78, 5) is 38.4. The minimum atomic E-state index is -0.838. The highest BCUT2D eigenvalue weighted by molar-refractivity contribution is 9.10. The summed E-state index contributed by atoms with van der Waals surface area (Å²) < 4.78 is 11.2. The number of nitrogens with zero attached hydrogens (tertiary/aromatic N) is 1. The predicted octanol–water partition coefficient (Wildman–Crippen LogP) is 2.00. The quantitative estimate of drug-likeness (QED) is 0.469. The number of piperazine rings is 1. The number of amides is 2. The number of hydrogen-bond donors (Lipinski definition) is 2. The number of nitrogens with one attached hydrogen (secondary N) is 2. The zero-order valence-electron chi connectivity index (χ0n) is 16.5. The summed E-state index contributed by atoms with van der Waals surface area (Å²) in [6, 6.07) is 4.09. The van der Waals surface area contributed by atoms with Gasteiger partial charge in [-0.2, -0.15) is 0 Å². The second kappa shape index (κ2) is 10.5. The zero-order valence-corrected chi connectivity index (χ0v) is 18.9. The summed E-state index contributed by atoms with van der Waals surface area (Å²) in [5, 5.41) is 5.42. The molecule has 2 rings (SSSR count). The van der Waals surface area contributed by atoms with Gasteiger partial charge in [0.1, 0.15) is 11.8 Å². The van der Waals surface area contributed by atoms with Crippen molar-refractivity contribution >= 4 is 51.0 Å². The van der Waals surface area contributed by atoms with Crippen LogP contribution in [-0.2, 0) is 14.3 Å². The molecule has 1 aromatic rings. The SMILES string of the molecule is CCOc1ccc(C(=O)NC(=S)N2CCNC(=O)C2CC(=O)OC(C)C)cc1Br. The molecule has 1 atom stereocenters. The maximum Gasteiger partial charge on any atom is 0.308 e. The van der Waals surface area contributed by atoms with Gasteiger partial charge in [0.05, 0.1) is 23.6 Å². The van der Waals surface area contributed by atoms with Gasteiger partial charge in [-0.3, -0.25) is 19.7 Å². The summed E-state index contributed by atoms with van der Waals surface area (Å²) in [5.41, 5.74) is 0.375. The van der Waals surface area contributed by atoms with E-state index < -0.39 is 17.9 Å². The van der Waals surface area contributed by atoms with Gasteiger partial charge >= 0.3 is 5.97 Å². The van der Waals surface area contributed by atoms with Crippen LogP contribution in [0.2, 0.25) is 0 Å². The van der Waals surface area contributed by atoms with Gasteiger partial charge in [0, 0.05) is 18.7 Å². The van der Waals surface area contributed by atoms with Gasteiger partial charge in [0.25, 0.3) is 5.91 Å². The molecule has 0 aliphatic carbocycles. The fraction of sp³-hybridized carbons (Fsp3) is 0.474. The van der Waals surface area contributed by atoms with Crippen molar-refractivity contribution < 1.29 is 23.9 Å². The summed E-state index contributed by atoms with van der Waals surface area (Å²) >= 11 is 8.72. The Morgan fingerprint density at radius 3 is 2.76 bits per heavy atom. The molecule has 0 aromatic heterocycles. The lowest BCUT2D eigenvalue weighted by atomic mass is 10.1. The highest BCUT2D eigenvalue weighted by atomic mass is 79.9. The number of carbonyl (C=O) groups excluding carboxylic acids is 3. The fourth-order valence-electron chi connectivity index (χ4n) is 2.79. The topological polar surface area (TPSA) is 97.0 Å². The Morgan fingerprint density at radius 2 is 2.14 bits per heavy atom. The molecule has 0 spiro atoms. The first-order chi connectivity index (χ1) is 13.7. The Kier molecular flexibility index (Phi) is 8.39. The van der Waals surface area contributed by atoms with Crippen LogP contribution in [0.15, 0.2) is 22.7 Å². The minimum Gasteiger partial charge on any atom is -0.493 e. The van der Waals surface area contributed by atoms with Gasteiger partial charge in [0.15, 0.2) is 5.11 Å². The van der Waals surface area contributed by atoms with Crippen LogP contribution in [0.4, 0.5) is 0 Å². The Labute approximate surface area is 183 Å². The van der Waals surface area contributed by atoms with E-state index in [1.165, 1.54) is 4.90 Å². The molecule has 2 N–H and O–H groups in total. The van der Waals surface area contributed by atoms with E-state index in [1.54, 1.807) is 32.0 Å². The molecule has 1 unspecified atom stereocenters. The van der Waals surface area contributed by atoms with E-state index in [2.05, 4.69) is 26.6 Å². The van der Waals surface area contributed by atoms with E-state index in [4.69, 9.17) is 21.7 Å². The number of carbonyl (C=O) groups is 3. The Bertz CT molecular complexity index is 802. The molecule has 1 aromatic carbocycles. The highest BCUT2D eigenvalue weighted by Gasteiger charge is 2.34. The summed E-state index contributed by atoms with van der Waals surface area (Å²) in [6.45, 7) is 6.57. The summed E-state index contributed by atoms with van der Waals surface area (Å²) in [6.07, 6.45) is -0.443. The van der Waals surface area contributed by atoms with Crippen molar-refractivity contribution in [3.63, 3.8) is 0 Å². The molecule has 1 saturated heterocycles. The van der Waals surface area contributed by atoms with Crippen LogP contribution in [0.5, 0.6) is 5.75 Å². The van der Waals surface area contributed by atoms with Crippen molar-refractivity contribution in [2.75, 3.05) is 19.7 Å². The third kappa shape index (κ3) is 6.40. The van der Waals surface area contributed by atoms with Gasteiger partial charge in [-0.05, 0) is 67.1 Å². The molecule has 8 nitrogen and oxygen atoms in total. The average molecular weight is 486 g/mol. The molecule has 0 radical (unpaired) electrons. The number of hydrogen-bond acceptors (Lipinski definition) is 6. The smallest absolute Gasteiger partial charge is 0.308 e. The lowest BCUT2D eigenvalue weighted by Gasteiger charge is -2.36. The lowest BCUT2D eigenvalue weighted by Crippen LogP contribution is -2.60. The first-order valence-corrected chi connectivity index (χ1v) is 10.4. The standard InChI is InChI=1S/C19H24BrN3O5S/c1-4-27-15-6-5-12(9-13(15)20)17(25)22-19(29)23-8-7-21-18(26)14(23)10-16(24)28-11(2)3/h5-6,9,11,14H,4,7-8,10H2,1-3H3,(H,21,26)(H,22,25,29). The van der Waals surface area contributed by atoms with Crippen molar-refractivity contribution in [1.82, 2.24) is 15.5 Å². The second-order valence-corrected chi connectivity index (χ2v) is 7.82. The van der Waals surface area contributed by atoms with E-state index in [-0.39, 0.29) is 23.5 Å². The molecule has 29 heavy (non-hydrogen) atoms. The molecule has 1 heterocycles. The van der Waals surface area contributed by atoms with Gasteiger partial charge < -0.3 is 19.7 Å². The van der Waals surface area contributed by atoms with Crippen LogP contribution in [0.3, 0.4) is 0 Å². The van der Waals surface area contributed by atoms with Crippen molar-refractivity contribution in [2.24, 2.45) is 0 Å². The van der Waals surface area contributed by atoms with Crippen LogP contribution in [0.25, 0.3) is 0 Å². The van der Waals surface area contributed by atoms with E-state index in [0.717, 1.165) is 0 Å². The van der Waals surface area contributed by atoms with E-state index in [1.807, 2.05) is 6.92 Å². The van der Waals surface area contributed by atoms with Crippen molar-refractivity contribution in [3.8, 4) is 5.75 Å². The number of esters is 1. The van der Waals surface area contributed by atoms with Crippen LogP contribution in [0, 0.1) is 0 Å². The molecule has 0 bridgehead atoms. The van der Waals surface area contributed by atoms with Gasteiger partial charge in [-0.1, -0.05) is 0 Å². The third-order valence-electron chi connectivity index (χ3n) is 4.03. The Balaban J connectivity index is 2.08. The van der Waals surface area contributed by atoms with Gasteiger partial charge in [-0.25, -0.2) is 0 Å². The Hall–Kier alpha value is -2.20. The largest absolute Gasteiger partial charge is 0.493 e. The van der Waals surface area contributed by atoms with Crippen molar-refractivity contribution in [2.45, 2.75) is 39.3 Å². The average Bonchev–Trinajstić information content (AvgIpc) is 2.64. The lowest BCUT2D eigenvalue weighted by molar-refractivity contribution is -0.150. The number of rotatable bonds is 6. The molecular weight excluding hydrogens is 462 g/mol. The monoisotopic (exact) mass is 485 g/mol. The highest BCUT2D eigenvalue weighted by Crippen LogP contribution is 2.26. The van der Waals surface area contributed by atoms with E-state index in [9.17, 15) is 14.4 Å². The molecule has 158 valence electrons. The fourth-order valence-corrected chi connectivity index (χ4v) is 3.59. The van der Waals surface area contributed by atoms with Crippen molar-refractivity contribution in [3.05, 3.63) is 28.2 Å². The molecule has 10 heteroatoms. The minimum absolute atomic E-state index is 0.0807. The third-order valence-corrected chi connectivity index (χ3v) is 4.99. The van der Waals surface area contributed by atoms with Crippen molar-refractivity contribution in [1.29, 1.82) is 0 Å². The first kappa shape index (κ1) is 23.1. The molecule has 2 amide bonds. The zero-order chi connectivity index (χ0) is 21.6. The molecule has 1 aliphatic heterocycles. The summed E-state index contributed by atoms with van der Waals surface area (Å²) in [5.74, 6) is -0.634. The predicted molar refractivity (Wildman–Crippen MR) is 115 cm³/mol. The maximum absolute atomic E-state index is 12.6. The van der Waals surface area contributed by atoms with Crippen LogP contribution >= 0.6 is 28.1 Å². The maximum atomic E-state index is 12.6. The van der Waals surface area contributed by atoms with Gasteiger partial charge in [-0.15, -0.1) is 0 Å². The van der Waals surface area contributed by atoms with E-state index in [0.29, 0.717) is 35.5 Å². The normalized spacial score (nSPS) is 16.2. The molecule has 1 aliphatic rings. The molecular formula is C19H24BrN3O5S. The van der Waals surface area contributed by atoms with Gasteiger partial charge in [0.2, 0.25) is 5.91 Å².